The van der Waals surface area contributed by atoms with Gasteiger partial charge in [-0.25, -0.2) is 28.1 Å². The summed E-state index contributed by atoms with van der Waals surface area (Å²) in [5, 5.41) is 7.15. The molecule has 0 radical (unpaired) electrons. The van der Waals surface area contributed by atoms with Crippen LogP contribution in [0.4, 0.5) is 19.0 Å². The van der Waals surface area contributed by atoms with Gasteiger partial charge >= 0.3 is 0 Å². The first-order valence-electron chi connectivity index (χ1n) is 12.7. The van der Waals surface area contributed by atoms with E-state index in [0.717, 1.165) is 31.0 Å². The Balaban J connectivity index is 1.17. The summed E-state index contributed by atoms with van der Waals surface area (Å²) in [7, 11) is 0. The minimum absolute atomic E-state index is 0.246. The molecule has 4 aliphatic rings. The van der Waals surface area contributed by atoms with Crippen LogP contribution in [0.25, 0.3) is 16.7 Å². The smallest absolute Gasteiger partial charge is 0.257 e. The second-order valence-corrected chi connectivity index (χ2v) is 10.3. The standard InChI is InChI=1S/C28H23F3N6O/c1-2-28(14-9-15(29)11-16(30)10-14)20-6-8-37(13-21(20)28)22-12-33-25-24(35-36-26(25)34-22)19-4-3-18-17(23(19)31)5-7-32-27(18)38/h3-5,7,9-12,18,20-21H,2,6,8,13H2,1H3,(H,34,35,36)/t18?,20-,21+,28+/m1/s1. The molecule has 1 aromatic carbocycles. The van der Waals surface area contributed by atoms with Gasteiger partial charge in [0.15, 0.2) is 0 Å². The number of benzene rings is 1. The first-order chi connectivity index (χ1) is 18.4. The zero-order valence-electron chi connectivity index (χ0n) is 20.5. The molecule has 1 saturated heterocycles. The summed E-state index contributed by atoms with van der Waals surface area (Å²) in [4.78, 5) is 27.1. The molecule has 0 spiro atoms. The van der Waals surface area contributed by atoms with Crippen LogP contribution in [0.15, 0.2) is 59.0 Å². The molecule has 0 bridgehead atoms. The third-order valence-corrected chi connectivity index (χ3v) is 8.66. The second-order valence-electron chi connectivity index (χ2n) is 10.3. The Labute approximate surface area is 215 Å². The highest BCUT2D eigenvalue weighted by atomic mass is 19.1. The summed E-state index contributed by atoms with van der Waals surface area (Å²) >= 11 is 0. The molecule has 10 heteroatoms. The van der Waals surface area contributed by atoms with E-state index in [0.29, 0.717) is 35.1 Å². The van der Waals surface area contributed by atoms with Crippen molar-refractivity contribution in [2.75, 3.05) is 18.0 Å². The van der Waals surface area contributed by atoms with Crippen LogP contribution in [0.3, 0.4) is 0 Å². The minimum Gasteiger partial charge on any atom is -0.355 e. The van der Waals surface area contributed by atoms with Crippen molar-refractivity contribution >= 4 is 34.7 Å². The maximum absolute atomic E-state index is 15.4. The lowest BCUT2D eigenvalue weighted by atomic mass is 9.87. The molecule has 4 atom stereocenters. The van der Waals surface area contributed by atoms with E-state index in [2.05, 4.69) is 32.0 Å². The number of aromatic nitrogens is 4. The molecule has 1 unspecified atom stereocenters. The Kier molecular flexibility index (Phi) is 4.98. The minimum atomic E-state index is -0.722. The van der Waals surface area contributed by atoms with Crippen LogP contribution < -0.4 is 4.90 Å². The number of allylic oxidation sites excluding steroid dienone is 4. The molecular formula is C28H23F3N6O. The van der Waals surface area contributed by atoms with Crippen LogP contribution in [0.5, 0.6) is 0 Å². The monoisotopic (exact) mass is 516 g/mol. The lowest BCUT2D eigenvalue weighted by molar-refractivity contribution is -0.119. The fourth-order valence-electron chi connectivity index (χ4n) is 6.81. The van der Waals surface area contributed by atoms with Gasteiger partial charge in [0.05, 0.1) is 17.8 Å². The number of halogens is 3. The number of rotatable bonds is 4. The number of piperidine rings is 1. The highest BCUT2D eigenvalue weighted by Gasteiger charge is 2.65. The predicted octanol–water partition coefficient (Wildman–Crippen LogP) is 4.84. The van der Waals surface area contributed by atoms with E-state index in [1.165, 1.54) is 24.4 Å². The summed E-state index contributed by atoms with van der Waals surface area (Å²) in [6.07, 6.45) is 9.33. The van der Waals surface area contributed by atoms with Gasteiger partial charge in [0.1, 0.15) is 28.8 Å². The van der Waals surface area contributed by atoms with E-state index in [-0.39, 0.29) is 22.5 Å². The summed E-state index contributed by atoms with van der Waals surface area (Å²) in [6, 6.07) is 3.85. The Morgan fingerprint density at radius 2 is 1.97 bits per heavy atom. The van der Waals surface area contributed by atoms with Gasteiger partial charge in [-0.3, -0.25) is 9.89 Å². The number of aliphatic imine (C=N–C) groups is 1. The number of carbonyl (C=O) groups is 1. The van der Waals surface area contributed by atoms with Crippen LogP contribution >= 0.6 is 0 Å². The Morgan fingerprint density at radius 3 is 2.76 bits per heavy atom. The molecule has 1 saturated carbocycles. The highest BCUT2D eigenvalue weighted by molar-refractivity contribution is 6.01. The fraction of sp³-hybridized carbons (Fsp3) is 0.321. The van der Waals surface area contributed by atoms with Crippen molar-refractivity contribution in [1.29, 1.82) is 0 Å². The van der Waals surface area contributed by atoms with Gasteiger partial charge in [0.25, 0.3) is 5.91 Å². The maximum atomic E-state index is 15.4. The average molecular weight is 517 g/mol. The number of H-pyrrole nitrogens is 1. The number of hydrogen-bond acceptors (Lipinski definition) is 5. The second kappa shape index (κ2) is 8.21. The molecule has 3 aromatic rings. The molecule has 2 fully saturated rings. The van der Waals surface area contributed by atoms with E-state index >= 15 is 4.39 Å². The zero-order chi connectivity index (χ0) is 26.2. The Morgan fingerprint density at radius 1 is 1.16 bits per heavy atom. The van der Waals surface area contributed by atoms with Crippen molar-refractivity contribution in [3.8, 4) is 0 Å². The maximum Gasteiger partial charge on any atom is 0.257 e. The molecule has 2 aliphatic heterocycles. The van der Waals surface area contributed by atoms with E-state index in [9.17, 15) is 13.6 Å². The third-order valence-electron chi connectivity index (χ3n) is 8.66. The first kappa shape index (κ1) is 23.1. The van der Waals surface area contributed by atoms with Gasteiger partial charge < -0.3 is 4.90 Å². The van der Waals surface area contributed by atoms with E-state index < -0.39 is 29.3 Å². The predicted molar refractivity (Wildman–Crippen MR) is 136 cm³/mol. The van der Waals surface area contributed by atoms with Crippen LogP contribution in [0, 0.1) is 29.4 Å². The molecule has 2 aliphatic carbocycles. The van der Waals surface area contributed by atoms with Crippen molar-refractivity contribution in [3.05, 3.63) is 76.9 Å². The Hall–Kier alpha value is -4.08. The van der Waals surface area contributed by atoms with Crippen molar-refractivity contribution in [2.45, 2.75) is 25.2 Å². The molecule has 38 heavy (non-hydrogen) atoms. The van der Waals surface area contributed by atoms with Gasteiger partial charge in [-0.15, -0.1) is 0 Å². The Bertz CT molecular complexity index is 1620. The molecule has 2 aromatic heterocycles. The molecule has 1 amide bonds. The SMILES string of the molecule is CC[C@]1(c2cc(F)cc(F)c2)[C@@H]2CCN(c3cnc4c(C5=C(F)C6=CC=NC(=O)C6C=C5)[nH]nc4n3)C[C@@H]21. The van der Waals surface area contributed by atoms with Crippen molar-refractivity contribution in [3.63, 3.8) is 0 Å². The van der Waals surface area contributed by atoms with E-state index in [1.54, 1.807) is 18.3 Å². The third kappa shape index (κ3) is 3.25. The highest BCUT2D eigenvalue weighted by Crippen LogP contribution is 2.65. The van der Waals surface area contributed by atoms with Gasteiger partial charge in [-0.2, -0.15) is 5.10 Å². The average Bonchev–Trinajstić information content (AvgIpc) is 3.39. The van der Waals surface area contributed by atoms with Crippen LogP contribution in [-0.4, -0.2) is 45.4 Å². The summed E-state index contributed by atoms with van der Waals surface area (Å²) in [5.41, 5.74) is 2.18. The van der Waals surface area contributed by atoms with Crippen molar-refractivity contribution in [1.82, 2.24) is 20.2 Å². The molecule has 1 N–H and O–H groups in total. The molecule has 7 rings (SSSR count). The van der Waals surface area contributed by atoms with Crippen LogP contribution in [-0.2, 0) is 10.2 Å². The number of anilines is 1. The summed E-state index contributed by atoms with van der Waals surface area (Å²) < 4.78 is 43.4. The van der Waals surface area contributed by atoms with Gasteiger partial charge in [0, 0.05) is 41.9 Å². The number of dihydropyridines is 1. The van der Waals surface area contributed by atoms with Crippen molar-refractivity contribution < 1.29 is 18.0 Å². The molecule has 4 heterocycles. The summed E-state index contributed by atoms with van der Waals surface area (Å²) in [6.45, 7) is 3.51. The molecule has 7 nitrogen and oxygen atoms in total. The number of nitrogens with one attached hydrogen (secondary N) is 1. The van der Waals surface area contributed by atoms with Gasteiger partial charge in [-0.1, -0.05) is 19.1 Å². The fourth-order valence-corrected chi connectivity index (χ4v) is 6.81. The zero-order valence-corrected chi connectivity index (χ0v) is 20.5. The summed E-state index contributed by atoms with van der Waals surface area (Å²) in [5.74, 6) is -1.47. The number of nitrogens with zero attached hydrogens (tertiary/aromatic N) is 5. The number of amides is 1. The number of aromatic amines is 1. The lowest BCUT2D eigenvalue weighted by Crippen LogP contribution is -2.32. The lowest BCUT2D eigenvalue weighted by Gasteiger charge is -2.26. The largest absolute Gasteiger partial charge is 0.355 e. The quantitative estimate of drug-likeness (QED) is 0.536. The topological polar surface area (TPSA) is 87.1 Å². The normalized spacial score (nSPS) is 28.0. The number of hydrogen-bond donors (Lipinski definition) is 1. The molecular weight excluding hydrogens is 493 g/mol. The van der Waals surface area contributed by atoms with Crippen molar-refractivity contribution in [2.24, 2.45) is 22.7 Å². The van der Waals surface area contributed by atoms with Gasteiger partial charge in [0.2, 0.25) is 5.65 Å². The number of fused-ring (bicyclic) bond motifs is 3. The van der Waals surface area contributed by atoms with Crippen LogP contribution in [0.1, 0.15) is 31.0 Å². The molecule has 192 valence electrons. The van der Waals surface area contributed by atoms with Gasteiger partial charge in [-0.05, 0) is 48.4 Å². The van der Waals surface area contributed by atoms with Crippen LogP contribution in [0.2, 0.25) is 0 Å². The van der Waals surface area contributed by atoms with E-state index in [4.69, 9.17) is 4.98 Å². The van der Waals surface area contributed by atoms with E-state index in [1.807, 2.05) is 0 Å². The first-order valence-corrected chi connectivity index (χ1v) is 12.7. The number of carbonyl (C=O) groups excluding carboxylic acids is 1.